The Morgan fingerprint density at radius 1 is 1.40 bits per heavy atom. The lowest BCUT2D eigenvalue weighted by Gasteiger charge is -2.22. The van der Waals surface area contributed by atoms with E-state index in [4.69, 9.17) is 0 Å². The van der Waals surface area contributed by atoms with Crippen LogP contribution < -0.4 is 0 Å². The Morgan fingerprint density at radius 3 is 2.85 bits per heavy atom. The number of methoxy groups -OCH3 is 1. The van der Waals surface area contributed by atoms with Gasteiger partial charge in [0.2, 0.25) is 0 Å². The molecule has 2 rings (SSSR count). The molecule has 0 bridgehead atoms. The standard InChI is InChI=1S/C15H16INO3/c1-20-14(18)9-8-11-5-4-10-17(11)15(19)12-6-2-3-7-13(12)16/h2-3,6-9,11H,4-5,10H2,1H3/b9-8+. The van der Waals surface area contributed by atoms with Gasteiger partial charge < -0.3 is 9.64 Å². The van der Waals surface area contributed by atoms with Gasteiger partial charge >= 0.3 is 5.97 Å². The van der Waals surface area contributed by atoms with E-state index in [0.29, 0.717) is 5.56 Å². The van der Waals surface area contributed by atoms with E-state index in [1.807, 2.05) is 29.2 Å². The van der Waals surface area contributed by atoms with Crippen molar-refractivity contribution in [3.8, 4) is 0 Å². The van der Waals surface area contributed by atoms with Crippen molar-refractivity contribution in [2.75, 3.05) is 13.7 Å². The number of rotatable bonds is 3. The van der Waals surface area contributed by atoms with Crippen molar-refractivity contribution >= 4 is 34.5 Å². The van der Waals surface area contributed by atoms with Gasteiger partial charge in [-0.2, -0.15) is 0 Å². The zero-order valence-corrected chi connectivity index (χ0v) is 13.4. The molecule has 106 valence electrons. The molecule has 0 saturated carbocycles. The van der Waals surface area contributed by atoms with Crippen LogP contribution in [-0.2, 0) is 9.53 Å². The highest BCUT2D eigenvalue weighted by atomic mass is 127. The van der Waals surface area contributed by atoms with Gasteiger partial charge in [-0.3, -0.25) is 4.79 Å². The van der Waals surface area contributed by atoms with E-state index in [-0.39, 0.29) is 11.9 Å². The van der Waals surface area contributed by atoms with Gasteiger partial charge in [0.1, 0.15) is 0 Å². The maximum absolute atomic E-state index is 12.6. The van der Waals surface area contributed by atoms with Gasteiger partial charge in [0, 0.05) is 16.2 Å². The van der Waals surface area contributed by atoms with Crippen molar-refractivity contribution in [1.82, 2.24) is 4.90 Å². The van der Waals surface area contributed by atoms with Crippen LogP contribution in [0, 0.1) is 3.57 Å². The molecule has 1 atom stereocenters. The molecule has 5 heteroatoms. The van der Waals surface area contributed by atoms with Crippen LogP contribution in [-0.4, -0.2) is 36.5 Å². The molecule has 1 saturated heterocycles. The summed E-state index contributed by atoms with van der Waals surface area (Å²) in [5.41, 5.74) is 0.714. The molecule has 1 aromatic rings. The SMILES string of the molecule is COC(=O)/C=C/C1CCCN1C(=O)c1ccccc1I. The summed E-state index contributed by atoms with van der Waals surface area (Å²) in [7, 11) is 1.34. The van der Waals surface area contributed by atoms with E-state index < -0.39 is 5.97 Å². The van der Waals surface area contributed by atoms with Gasteiger partial charge in [-0.05, 0) is 47.6 Å². The number of ether oxygens (including phenoxy) is 1. The van der Waals surface area contributed by atoms with Crippen LogP contribution in [0.3, 0.4) is 0 Å². The van der Waals surface area contributed by atoms with Gasteiger partial charge in [0.25, 0.3) is 5.91 Å². The molecule has 4 nitrogen and oxygen atoms in total. The number of halogens is 1. The highest BCUT2D eigenvalue weighted by molar-refractivity contribution is 14.1. The van der Waals surface area contributed by atoms with Crippen LogP contribution in [0.15, 0.2) is 36.4 Å². The third kappa shape index (κ3) is 3.39. The quantitative estimate of drug-likeness (QED) is 0.457. The molecular weight excluding hydrogens is 369 g/mol. The van der Waals surface area contributed by atoms with Crippen molar-refractivity contribution in [3.05, 3.63) is 45.6 Å². The molecule has 1 aliphatic rings. The fourth-order valence-electron chi connectivity index (χ4n) is 2.29. The Bertz CT molecular complexity index is 542. The number of carbonyl (C=O) groups is 2. The topological polar surface area (TPSA) is 46.6 Å². The van der Waals surface area contributed by atoms with Gasteiger partial charge in [-0.25, -0.2) is 4.79 Å². The minimum atomic E-state index is -0.390. The molecule has 1 unspecified atom stereocenters. The first kappa shape index (κ1) is 15.0. The predicted octanol–water partition coefficient (Wildman–Crippen LogP) is 2.63. The second-order valence-corrected chi connectivity index (χ2v) is 5.73. The number of hydrogen-bond acceptors (Lipinski definition) is 3. The van der Waals surface area contributed by atoms with Crippen molar-refractivity contribution < 1.29 is 14.3 Å². The van der Waals surface area contributed by atoms with Gasteiger partial charge in [0.05, 0.1) is 18.7 Å². The summed E-state index contributed by atoms with van der Waals surface area (Å²) in [5, 5.41) is 0. The summed E-state index contributed by atoms with van der Waals surface area (Å²) in [6.07, 6.45) is 4.98. The second-order valence-electron chi connectivity index (χ2n) is 4.57. The molecule has 1 aromatic carbocycles. The number of hydrogen-bond donors (Lipinski definition) is 0. The number of carbonyl (C=O) groups excluding carboxylic acids is 2. The van der Waals surface area contributed by atoms with E-state index in [9.17, 15) is 9.59 Å². The number of esters is 1. The summed E-state index contributed by atoms with van der Waals surface area (Å²) in [4.78, 5) is 25.5. The number of nitrogens with zero attached hydrogens (tertiary/aromatic N) is 1. The fourth-order valence-corrected chi connectivity index (χ4v) is 2.91. The average Bonchev–Trinajstić information content (AvgIpc) is 2.93. The fraction of sp³-hybridized carbons (Fsp3) is 0.333. The van der Waals surface area contributed by atoms with Crippen LogP contribution >= 0.6 is 22.6 Å². The maximum atomic E-state index is 12.6. The van der Waals surface area contributed by atoms with Gasteiger partial charge in [-0.15, -0.1) is 0 Å². The minimum absolute atomic E-state index is 0.0204. The first-order valence-electron chi connectivity index (χ1n) is 6.45. The molecule has 0 radical (unpaired) electrons. The summed E-state index contributed by atoms with van der Waals surface area (Å²) in [5.74, 6) is -0.370. The third-order valence-electron chi connectivity index (χ3n) is 3.32. The highest BCUT2D eigenvalue weighted by Gasteiger charge is 2.28. The third-order valence-corrected chi connectivity index (χ3v) is 4.26. The Kier molecular flexibility index (Phi) is 5.17. The van der Waals surface area contributed by atoms with E-state index >= 15 is 0 Å². The summed E-state index contributed by atoms with van der Waals surface area (Å²) >= 11 is 2.17. The largest absolute Gasteiger partial charge is 0.466 e. The van der Waals surface area contributed by atoms with Gasteiger partial charge in [-0.1, -0.05) is 18.2 Å². The lowest BCUT2D eigenvalue weighted by atomic mass is 10.1. The van der Waals surface area contributed by atoms with Crippen molar-refractivity contribution in [3.63, 3.8) is 0 Å². The lowest BCUT2D eigenvalue weighted by Crippen LogP contribution is -2.34. The van der Waals surface area contributed by atoms with Crippen LogP contribution in [0.5, 0.6) is 0 Å². The van der Waals surface area contributed by atoms with E-state index in [0.717, 1.165) is 23.0 Å². The molecule has 1 aliphatic heterocycles. The zero-order chi connectivity index (χ0) is 14.5. The molecule has 20 heavy (non-hydrogen) atoms. The Labute approximate surface area is 131 Å². The Balaban J connectivity index is 2.15. The number of benzene rings is 1. The van der Waals surface area contributed by atoms with Crippen LogP contribution in [0.4, 0.5) is 0 Å². The van der Waals surface area contributed by atoms with Crippen LogP contribution in [0.2, 0.25) is 0 Å². The van der Waals surface area contributed by atoms with E-state index in [2.05, 4.69) is 27.3 Å². The number of amides is 1. The van der Waals surface area contributed by atoms with Crippen molar-refractivity contribution in [1.29, 1.82) is 0 Å². The summed E-state index contributed by atoms with van der Waals surface area (Å²) in [6.45, 7) is 0.722. The molecule has 0 N–H and O–H groups in total. The molecule has 1 fully saturated rings. The van der Waals surface area contributed by atoms with Crippen LogP contribution in [0.25, 0.3) is 0 Å². The number of likely N-dealkylation sites (tertiary alicyclic amines) is 1. The predicted molar refractivity (Wildman–Crippen MR) is 84.4 cm³/mol. The van der Waals surface area contributed by atoms with Crippen molar-refractivity contribution in [2.45, 2.75) is 18.9 Å². The Morgan fingerprint density at radius 2 is 2.15 bits per heavy atom. The molecule has 1 amide bonds. The normalized spacial score (nSPS) is 18.5. The van der Waals surface area contributed by atoms with E-state index in [1.165, 1.54) is 13.2 Å². The Hall–Kier alpha value is -1.37. The molecule has 0 aromatic heterocycles. The van der Waals surface area contributed by atoms with Gasteiger partial charge in [0.15, 0.2) is 0 Å². The monoisotopic (exact) mass is 385 g/mol. The summed E-state index contributed by atoms with van der Waals surface area (Å²) in [6, 6.07) is 7.51. The molecular formula is C15H16INO3. The molecule has 1 heterocycles. The molecule has 0 spiro atoms. The lowest BCUT2D eigenvalue weighted by molar-refractivity contribution is -0.134. The maximum Gasteiger partial charge on any atom is 0.330 e. The first-order valence-corrected chi connectivity index (χ1v) is 7.53. The second kappa shape index (κ2) is 6.88. The smallest absolute Gasteiger partial charge is 0.330 e. The van der Waals surface area contributed by atoms with E-state index in [1.54, 1.807) is 6.08 Å². The molecule has 0 aliphatic carbocycles. The zero-order valence-electron chi connectivity index (χ0n) is 11.2. The van der Waals surface area contributed by atoms with Crippen molar-refractivity contribution in [2.24, 2.45) is 0 Å². The first-order chi connectivity index (χ1) is 9.63. The summed E-state index contributed by atoms with van der Waals surface area (Å²) < 4.78 is 5.52. The van der Waals surface area contributed by atoms with Crippen LogP contribution in [0.1, 0.15) is 23.2 Å². The average molecular weight is 385 g/mol. The minimum Gasteiger partial charge on any atom is -0.466 e. The highest BCUT2D eigenvalue weighted by Crippen LogP contribution is 2.23.